The Bertz CT molecular complexity index is 514. The first kappa shape index (κ1) is 13.2. The van der Waals surface area contributed by atoms with E-state index in [1.807, 2.05) is 0 Å². The van der Waals surface area contributed by atoms with Gasteiger partial charge in [-0.3, -0.25) is 4.79 Å². The summed E-state index contributed by atoms with van der Waals surface area (Å²) in [5.74, 6) is 0.259. The van der Waals surface area contributed by atoms with Gasteiger partial charge in [0.15, 0.2) is 0 Å². The van der Waals surface area contributed by atoms with Gasteiger partial charge in [-0.25, -0.2) is 4.39 Å². The highest BCUT2D eigenvalue weighted by atomic mass is 35.5. The zero-order chi connectivity index (χ0) is 13.6. The Morgan fingerprint density at radius 3 is 2.26 bits per heavy atom. The summed E-state index contributed by atoms with van der Waals surface area (Å²) in [6.45, 7) is 0. The molecule has 0 atom stereocenters. The molecule has 3 rings (SSSR count). The van der Waals surface area contributed by atoms with Gasteiger partial charge in [-0.05, 0) is 49.7 Å². The molecule has 0 aliphatic heterocycles. The van der Waals surface area contributed by atoms with E-state index in [1.54, 1.807) is 0 Å². The number of halogens is 3. The quantitative estimate of drug-likeness (QED) is 0.835. The molecule has 0 radical (unpaired) electrons. The molecule has 0 bridgehead atoms. The van der Waals surface area contributed by atoms with Crippen LogP contribution in [0.5, 0.6) is 0 Å². The van der Waals surface area contributed by atoms with E-state index in [-0.39, 0.29) is 27.6 Å². The summed E-state index contributed by atoms with van der Waals surface area (Å²) in [6.07, 6.45) is 4.68. The Morgan fingerprint density at radius 2 is 1.74 bits per heavy atom. The first-order chi connectivity index (χ1) is 9.06. The lowest BCUT2D eigenvalue weighted by molar-refractivity contribution is 0.0926. The largest absolute Gasteiger partial charge is 0.349 e. The number of benzene rings is 1. The van der Waals surface area contributed by atoms with Gasteiger partial charge in [0.05, 0.1) is 15.6 Å². The topological polar surface area (TPSA) is 29.1 Å². The van der Waals surface area contributed by atoms with Crippen molar-refractivity contribution in [1.29, 1.82) is 0 Å². The van der Waals surface area contributed by atoms with E-state index in [0.29, 0.717) is 11.8 Å². The Labute approximate surface area is 121 Å². The van der Waals surface area contributed by atoms with Crippen molar-refractivity contribution in [2.24, 2.45) is 11.8 Å². The van der Waals surface area contributed by atoms with Gasteiger partial charge in [-0.1, -0.05) is 23.2 Å². The monoisotopic (exact) mass is 301 g/mol. The zero-order valence-electron chi connectivity index (χ0n) is 10.3. The van der Waals surface area contributed by atoms with Gasteiger partial charge in [-0.15, -0.1) is 0 Å². The summed E-state index contributed by atoms with van der Waals surface area (Å²) >= 11 is 11.6. The van der Waals surface area contributed by atoms with Crippen LogP contribution in [0.25, 0.3) is 0 Å². The number of hydrogen-bond donors (Lipinski definition) is 1. The van der Waals surface area contributed by atoms with Gasteiger partial charge in [-0.2, -0.15) is 0 Å². The van der Waals surface area contributed by atoms with Crippen molar-refractivity contribution in [2.45, 2.75) is 31.7 Å². The van der Waals surface area contributed by atoms with Gasteiger partial charge in [0.1, 0.15) is 5.82 Å². The number of rotatable bonds is 4. The van der Waals surface area contributed by atoms with E-state index in [2.05, 4.69) is 5.32 Å². The molecule has 0 spiro atoms. The fraction of sp³-hybridized carbons (Fsp3) is 0.500. The average molecular weight is 302 g/mol. The van der Waals surface area contributed by atoms with Gasteiger partial charge in [0.2, 0.25) is 0 Å². The number of hydrogen-bond acceptors (Lipinski definition) is 1. The predicted molar refractivity (Wildman–Crippen MR) is 73.1 cm³/mol. The molecule has 0 saturated heterocycles. The summed E-state index contributed by atoms with van der Waals surface area (Å²) in [5.41, 5.74) is 0.162. The second-order valence-electron chi connectivity index (χ2n) is 5.42. The normalized spacial score (nSPS) is 18.7. The summed E-state index contributed by atoms with van der Waals surface area (Å²) in [7, 11) is 0. The van der Waals surface area contributed by atoms with Gasteiger partial charge in [0.25, 0.3) is 5.91 Å². The Hall–Kier alpha value is -0.800. The van der Waals surface area contributed by atoms with E-state index in [1.165, 1.54) is 31.7 Å². The molecule has 1 aromatic carbocycles. The molecular weight excluding hydrogens is 288 g/mol. The second-order valence-corrected chi connectivity index (χ2v) is 6.23. The van der Waals surface area contributed by atoms with Crippen LogP contribution in [0, 0.1) is 17.7 Å². The number of carbonyl (C=O) groups excluding carboxylic acids is 1. The lowest BCUT2D eigenvalue weighted by atomic mass is 10.1. The molecule has 2 aliphatic carbocycles. The van der Waals surface area contributed by atoms with E-state index < -0.39 is 5.82 Å². The summed E-state index contributed by atoms with van der Waals surface area (Å²) in [6, 6.07) is 2.61. The standard InChI is InChI=1S/C14H14Cl2FNO/c15-10-6-11(16)12(17)5-9(10)14(19)18-13(7-1-2-7)8-3-4-8/h5-8,13H,1-4H2,(H,18,19). The molecule has 1 aromatic rings. The van der Waals surface area contributed by atoms with Crippen molar-refractivity contribution >= 4 is 29.1 Å². The van der Waals surface area contributed by atoms with Crippen LogP contribution in [0.1, 0.15) is 36.0 Å². The highest BCUT2D eigenvalue weighted by Crippen LogP contribution is 2.44. The lowest BCUT2D eigenvalue weighted by Crippen LogP contribution is -2.38. The molecule has 0 aromatic heterocycles. The first-order valence-corrected chi connectivity index (χ1v) is 7.27. The Kier molecular flexibility index (Phi) is 3.44. The highest BCUT2D eigenvalue weighted by Gasteiger charge is 2.42. The van der Waals surface area contributed by atoms with Crippen molar-refractivity contribution < 1.29 is 9.18 Å². The van der Waals surface area contributed by atoms with Crippen LogP contribution in [0.4, 0.5) is 4.39 Å². The van der Waals surface area contributed by atoms with E-state index in [4.69, 9.17) is 23.2 Å². The van der Waals surface area contributed by atoms with Crippen LogP contribution in [-0.2, 0) is 0 Å². The molecule has 1 N–H and O–H groups in total. The van der Waals surface area contributed by atoms with Crippen LogP contribution < -0.4 is 5.32 Å². The maximum absolute atomic E-state index is 13.4. The Morgan fingerprint density at radius 1 is 1.16 bits per heavy atom. The smallest absolute Gasteiger partial charge is 0.253 e. The second kappa shape index (κ2) is 4.95. The molecule has 0 unspecified atom stereocenters. The van der Waals surface area contributed by atoms with E-state index in [0.717, 1.165) is 6.07 Å². The lowest BCUT2D eigenvalue weighted by Gasteiger charge is -2.18. The van der Waals surface area contributed by atoms with Gasteiger partial charge >= 0.3 is 0 Å². The van der Waals surface area contributed by atoms with Crippen molar-refractivity contribution in [1.82, 2.24) is 5.32 Å². The van der Waals surface area contributed by atoms with Gasteiger partial charge < -0.3 is 5.32 Å². The van der Waals surface area contributed by atoms with Crippen molar-refractivity contribution in [3.63, 3.8) is 0 Å². The minimum Gasteiger partial charge on any atom is -0.349 e. The Balaban J connectivity index is 1.77. The summed E-state index contributed by atoms with van der Waals surface area (Å²) in [5, 5.41) is 3.13. The molecular formula is C14H14Cl2FNO. The number of amides is 1. The molecule has 2 nitrogen and oxygen atoms in total. The van der Waals surface area contributed by atoms with Crippen LogP contribution >= 0.6 is 23.2 Å². The number of nitrogens with one attached hydrogen (secondary N) is 1. The van der Waals surface area contributed by atoms with Crippen LogP contribution in [0.2, 0.25) is 10.0 Å². The average Bonchev–Trinajstić information content (AvgIpc) is 3.24. The van der Waals surface area contributed by atoms with E-state index >= 15 is 0 Å². The minimum atomic E-state index is -0.620. The van der Waals surface area contributed by atoms with E-state index in [9.17, 15) is 9.18 Å². The van der Waals surface area contributed by atoms with Crippen molar-refractivity contribution in [3.05, 3.63) is 33.6 Å². The van der Waals surface area contributed by atoms with Crippen LogP contribution in [-0.4, -0.2) is 11.9 Å². The minimum absolute atomic E-state index is 0.0671. The maximum atomic E-state index is 13.4. The molecule has 1 amide bonds. The molecule has 2 aliphatic rings. The maximum Gasteiger partial charge on any atom is 0.253 e. The summed E-state index contributed by atoms with van der Waals surface area (Å²) in [4.78, 5) is 12.2. The van der Waals surface area contributed by atoms with Gasteiger partial charge in [0, 0.05) is 6.04 Å². The molecule has 2 saturated carbocycles. The molecule has 19 heavy (non-hydrogen) atoms. The fourth-order valence-corrected chi connectivity index (χ4v) is 2.93. The van der Waals surface area contributed by atoms with Crippen LogP contribution in [0.15, 0.2) is 12.1 Å². The SMILES string of the molecule is O=C(NC(C1CC1)C1CC1)c1cc(F)c(Cl)cc1Cl. The summed E-state index contributed by atoms with van der Waals surface area (Å²) < 4.78 is 13.4. The molecule has 2 fully saturated rings. The fourth-order valence-electron chi connectivity index (χ4n) is 2.46. The first-order valence-electron chi connectivity index (χ1n) is 6.51. The van der Waals surface area contributed by atoms with Crippen molar-refractivity contribution in [2.75, 3.05) is 0 Å². The molecule has 5 heteroatoms. The third kappa shape index (κ3) is 2.87. The van der Waals surface area contributed by atoms with Crippen LogP contribution in [0.3, 0.4) is 0 Å². The number of carbonyl (C=O) groups is 1. The molecule has 102 valence electrons. The molecule has 0 heterocycles. The highest BCUT2D eigenvalue weighted by molar-refractivity contribution is 6.36. The van der Waals surface area contributed by atoms with Crippen molar-refractivity contribution in [3.8, 4) is 0 Å². The third-order valence-corrected chi connectivity index (χ3v) is 4.41. The zero-order valence-corrected chi connectivity index (χ0v) is 11.8. The predicted octanol–water partition coefficient (Wildman–Crippen LogP) is 4.05. The third-order valence-electron chi connectivity index (χ3n) is 3.81.